The molecule has 1 aromatic carbocycles. The van der Waals surface area contributed by atoms with Crippen molar-refractivity contribution in [3.05, 3.63) is 54.4 Å². The first-order chi connectivity index (χ1) is 12.3. The van der Waals surface area contributed by atoms with Crippen molar-refractivity contribution in [3.63, 3.8) is 0 Å². The number of nitrogens with zero attached hydrogens (tertiary/aromatic N) is 2. The molecule has 0 bridgehead atoms. The molecule has 0 fully saturated rings. The van der Waals surface area contributed by atoms with Gasteiger partial charge in [-0.15, -0.1) is 24.0 Å². The van der Waals surface area contributed by atoms with Crippen LogP contribution in [0, 0.1) is 0 Å². The first-order valence-corrected chi connectivity index (χ1v) is 8.49. The zero-order chi connectivity index (χ0) is 17.7. The van der Waals surface area contributed by atoms with Crippen LogP contribution in [0.1, 0.15) is 12.5 Å². The van der Waals surface area contributed by atoms with Crippen LogP contribution in [0.5, 0.6) is 11.5 Å². The first-order valence-electron chi connectivity index (χ1n) is 8.49. The topological polar surface area (TPSA) is 67.8 Å². The van der Waals surface area contributed by atoms with Crippen LogP contribution in [-0.2, 0) is 6.42 Å². The number of nitrogens with one attached hydrogen (secondary N) is 2. The van der Waals surface area contributed by atoms with Crippen molar-refractivity contribution in [1.82, 2.24) is 15.6 Å². The summed E-state index contributed by atoms with van der Waals surface area (Å²) in [6.45, 7) is 4.80. The van der Waals surface area contributed by atoms with Gasteiger partial charge in [-0.3, -0.25) is 9.98 Å². The largest absolute Gasteiger partial charge is 0.497 e. The van der Waals surface area contributed by atoms with Crippen molar-refractivity contribution in [2.24, 2.45) is 4.99 Å². The third-order valence-corrected chi connectivity index (χ3v) is 3.46. The fourth-order valence-electron chi connectivity index (χ4n) is 2.19. The second-order valence-corrected chi connectivity index (χ2v) is 5.32. The number of aliphatic imine (C=N–C) groups is 1. The average molecular weight is 470 g/mol. The summed E-state index contributed by atoms with van der Waals surface area (Å²) >= 11 is 0. The zero-order valence-corrected chi connectivity index (χ0v) is 17.6. The van der Waals surface area contributed by atoms with E-state index in [1.165, 1.54) is 5.56 Å². The van der Waals surface area contributed by atoms with Crippen molar-refractivity contribution in [3.8, 4) is 11.5 Å². The third kappa shape index (κ3) is 8.37. The van der Waals surface area contributed by atoms with Gasteiger partial charge in [0.2, 0.25) is 0 Å². The molecule has 2 N–H and O–H groups in total. The lowest BCUT2D eigenvalue weighted by Crippen LogP contribution is -2.39. The second kappa shape index (κ2) is 13.2. The summed E-state index contributed by atoms with van der Waals surface area (Å²) in [6, 6.07) is 11.6. The lowest BCUT2D eigenvalue weighted by Gasteiger charge is -2.12. The number of hydrogen-bond acceptors (Lipinski definition) is 4. The summed E-state index contributed by atoms with van der Waals surface area (Å²) in [7, 11) is 1.65. The molecule has 6 nitrogen and oxygen atoms in total. The molecule has 0 spiro atoms. The minimum Gasteiger partial charge on any atom is -0.497 e. The zero-order valence-electron chi connectivity index (χ0n) is 15.3. The second-order valence-electron chi connectivity index (χ2n) is 5.32. The van der Waals surface area contributed by atoms with Crippen molar-refractivity contribution < 1.29 is 9.47 Å². The maximum absolute atomic E-state index is 5.70. The molecule has 26 heavy (non-hydrogen) atoms. The van der Waals surface area contributed by atoms with E-state index in [4.69, 9.17) is 9.47 Å². The molecule has 0 saturated heterocycles. The Bertz CT molecular complexity index is 636. The summed E-state index contributed by atoms with van der Waals surface area (Å²) < 4.78 is 10.8. The summed E-state index contributed by atoms with van der Waals surface area (Å²) in [6.07, 6.45) is 4.52. The van der Waals surface area contributed by atoms with Crippen molar-refractivity contribution in [2.75, 3.05) is 33.4 Å². The van der Waals surface area contributed by atoms with E-state index in [1.54, 1.807) is 13.3 Å². The minimum atomic E-state index is 0. The van der Waals surface area contributed by atoms with E-state index in [0.717, 1.165) is 30.4 Å². The highest BCUT2D eigenvalue weighted by molar-refractivity contribution is 14.0. The van der Waals surface area contributed by atoms with Gasteiger partial charge in [0.25, 0.3) is 0 Å². The molecule has 0 atom stereocenters. The van der Waals surface area contributed by atoms with Gasteiger partial charge in [-0.25, -0.2) is 0 Å². The number of benzene rings is 1. The fraction of sp³-hybridized carbons (Fsp3) is 0.368. The summed E-state index contributed by atoms with van der Waals surface area (Å²) in [5, 5.41) is 6.51. The van der Waals surface area contributed by atoms with Gasteiger partial charge in [0.15, 0.2) is 5.96 Å². The predicted molar refractivity (Wildman–Crippen MR) is 116 cm³/mol. The molecule has 7 heteroatoms. The van der Waals surface area contributed by atoms with Gasteiger partial charge in [-0.2, -0.15) is 0 Å². The number of guanidine groups is 1. The lowest BCUT2D eigenvalue weighted by atomic mass is 10.2. The van der Waals surface area contributed by atoms with Crippen LogP contribution in [0.25, 0.3) is 0 Å². The highest BCUT2D eigenvalue weighted by Gasteiger charge is 1.99. The van der Waals surface area contributed by atoms with E-state index in [1.807, 2.05) is 43.5 Å². The van der Waals surface area contributed by atoms with Gasteiger partial charge in [0.1, 0.15) is 18.1 Å². The molecule has 0 saturated carbocycles. The van der Waals surface area contributed by atoms with Crippen molar-refractivity contribution in [2.45, 2.75) is 13.3 Å². The molecular formula is C19H27IN4O2. The van der Waals surface area contributed by atoms with Crippen molar-refractivity contribution >= 4 is 29.9 Å². The van der Waals surface area contributed by atoms with E-state index in [2.05, 4.69) is 26.7 Å². The Morgan fingerprint density at radius 2 is 1.88 bits per heavy atom. The van der Waals surface area contributed by atoms with Crippen LogP contribution < -0.4 is 20.1 Å². The number of ether oxygens (including phenoxy) is 2. The van der Waals surface area contributed by atoms with Gasteiger partial charge >= 0.3 is 0 Å². The molecule has 0 aliphatic rings. The molecule has 0 aliphatic heterocycles. The number of hydrogen-bond donors (Lipinski definition) is 2. The maximum Gasteiger partial charge on any atom is 0.191 e. The van der Waals surface area contributed by atoms with Gasteiger partial charge in [0.05, 0.1) is 13.7 Å². The van der Waals surface area contributed by atoms with Gasteiger partial charge in [-0.05, 0) is 49.2 Å². The standard InChI is InChI=1S/C19H26N4O2.HI/c1-3-21-19(22-12-10-16-5-4-11-20-15-16)23-13-14-25-18-8-6-17(24-2)7-9-18;/h4-9,11,15H,3,10,12-14H2,1-2H3,(H2,21,22,23);1H. The molecule has 0 radical (unpaired) electrons. The number of aromatic nitrogens is 1. The Hall–Kier alpha value is -2.03. The Morgan fingerprint density at radius 1 is 1.12 bits per heavy atom. The Kier molecular flexibility index (Phi) is 11.2. The third-order valence-electron chi connectivity index (χ3n) is 3.46. The Balaban J connectivity index is 0.00000338. The van der Waals surface area contributed by atoms with Crippen LogP contribution in [0.3, 0.4) is 0 Å². The molecule has 2 aromatic rings. The minimum absolute atomic E-state index is 0. The van der Waals surface area contributed by atoms with Crippen molar-refractivity contribution in [1.29, 1.82) is 0 Å². The smallest absolute Gasteiger partial charge is 0.191 e. The quantitative estimate of drug-likeness (QED) is 0.256. The summed E-state index contributed by atoms with van der Waals surface area (Å²) in [4.78, 5) is 8.69. The summed E-state index contributed by atoms with van der Waals surface area (Å²) in [5.41, 5.74) is 1.19. The van der Waals surface area contributed by atoms with Crippen LogP contribution in [0.15, 0.2) is 53.8 Å². The van der Waals surface area contributed by atoms with E-state index < -0.39 is 0 Å². The van der Waals surface area contributed by atoms with Crippen LogP contribution in [-0.4, -0.2) is 44.3 Å². The molecule has 0 amide bonds. The van der Waals surface area contributed by atoms with E-state index in [9.17, 15) is 0 Å². The van der Waals surface area contributed by atoms with Gasteiger partial charge < -0.3 is 20.1 Å². The lowest BCUT2D eigenvalue weighted by molar-refractivity contribution is 0.321. The predicted octanol–water partition coefficient (Wildman–Crippen LogP) is 2.88. The SMILES string of the molecule is CCNC(=NCCc1cccnc1)NCCOc1ccc(OC)cc1.I. The number of methoxy groups -OCH3 is 1. The van der Waals surface area contributed by atoms with E-state index in [-0.39, 0.29) is 24.0 Å². The summed E-state index contributed by atoms with van der Waals surface area (Å²) in [5.74, 6) is 2.44. The molecular weight excluding hydrogens is 443 g/mol. The van der Waals surface area contributed by atoms with Gasteiger partial charge in [-0.1, -0.05) is 6.07 Å². The molecule has 142 valence electrons. The number of pyridine rings is 1. The highest BCUT2D eigenvalue weighted by atomic mass is 127. The Morgan fingerprint density at radius 3 is 2.54 bits per heavy atom. The van der Waals surface area contributed by atoms with E-state index in [0.29, 0.717) is 19.7 Å². The maximum atomic E-state index is 5.70. The molecule has 2 rings (SSSR count). The molecule has 1 heterocycles. The van der Waals surface area contributed by atoms with Crippen LogP contribution in [0.2, 0.25) is 0 Å². The molecule has 0 unspecified atom stereocenters. The monoisotopic (exact) mass is 470 g/mol. The molecule has 1 aromatic heterocycles. The highest BCUT2D eigenvalue weighted by Crippen LogP contribution is 2.16. The van der Waals surface area contributed by atoms with Crippen LogP contribution >= 0.6 is 24.0 Å². The normalized spacial score (nSPS) is 10.6. The fourth-order valence-corrected chi connectivity index (χ4v) is 2.19. The van der Waals surface area contributed by atoms with Gasteiger partial charge in [0, 0.05) is 25.5 Å². The Labute approximate surface area is 172 Å². The average Bonchev–Trinajstić information content (AvgIpc) is 2.66. The first kappa shape index (κ1) is 22.0. The molecule has 0 aliphatic carbocycles. The number of rotatable bonds is 9. The van der Waals surface area contributed by atoms with E-state index >= 15 is 0 Å². The van der Waals surface area contributed by atoms with Crippen LogP contribution in [0.4, 0.5) is 0 Å². The number of halogens is 1.